The van der Waals surface area contributed by atoms with Crippen molar-refractivity contribution >= 4 is 21.5 Å². The van der Waals surface area contributed by atoms with Gasteiger partial charge >= 0.3 is 0 Å². The summed E-state index contributed by atoms with van der Waals surface area (Å²) in [4.78, 5) is 0. The van der Waals surface area contributed by atoms with Crippen molar-refractivity contribution in [2.24, 2.45) is 0 Å². The Labute approximate surface area is 92.4 Å². The first kappa shape index (κ1) is 9.04. The quantitative estimate of drug-likeness (QED) is 0.441. The van der Waals surface area contributed by atoms with Gasteiger partial charge in [0.15, 0.2) is 11.5 Å². The molecule has 16 heavy (non-hydrogen) atoms. The van der Waals surface area contributed by atoms with Gasteiger partial charge in [0.1, 0.15) is 0 Å². The lowest BCUT2D eigenvalue weighted by molar-refractivity contribution is 0.405. The molecule has 0 unspecified atom stereocenters. The van der Waals surface area contributed by atoms with E-state index in [0.717, 1.165) is 21.5 Å². The largest absolute Gasteiger partial charge is 0.504 e. The molecule has 0 aromatic heterocycles. The summed E-state index contributed by atoms with van der Waals surface area (Å²) < 4.78 is 0. The molecule has 0 spiro atoms. The summed E-state index contributed by atoms with van der Waals surface area (Å²) in [7, 11) is 0. The van der Waals surface area contributed by atoms with Gasteiger partial charge in [0.2, 0.25) is 0 Å². The SMILES string of the molecule is Oc1cc2ccc3ccccc3c2cc1O. The molecular weight excluding hydrogens is 200 g/mol. The highest BCUT2D eigenvalue weighted by atomic mass is 16.3. The summed E-state index contributed by atoms with van der Waals surface area (Å²) in [5, 5.41) is 23.0. The van der Waals surface area contributed by atoms with E-state index in [0.29, 0.717) is 0 Å². The van der Waals surface area contributed by atoms with Crippen molar-refractivity contribution in [1.29, 1.82) is 0 Å². The fourth-order valence-corrected chi connectivity index (χ4v) is 2.03. The molecular formula is C14H10O2. The maximum absolute atomic E-state index is 9.53. The Hall–Kier alpha value is -2.22. The van der Waals surface area contributed by atoms with Gasteiger partial charge in [-0.05, 0) is 33.7 Å². The van der Waals surface area contributed by atoms with Crippen molar-refractivity contribution < 1.29 is 10.2 Å². The monoisotopic (exact) mass is 210 g/mol. The second-order valence-electron chi connectivity index (χ2n) is 3.85. The van der Waals surface area contributed by atoms with E-state index in [1.165, 1.54) is 0 Å². The van der Waals surface area contributed by atoms with Crippen LogP contribution in [0, 0.1) is 0 Å². The Morgan fingerprint density at radius 1 is 0.625 bits per heavy atom. The van der Waals surface area contributed by atoms with E-state index < -0.39 is 0 Å². The smallest absolute Gasteiger partial charge is 0.158 e. The lowest BCUT2D eigenvalue weighted by Crippen LogP contribution is -1.78. The first-order valence-electron chi connectivity index (χ1n) is 5.09. The van der Waals surface area contributed by atoms with Gasteiger partial charge in [-0.2, -0.15) is 0 Å². The first-order chi connectivity index (χ1) is 7.75. The summed E-state index contributed by atoms with van der Waals surface area (Å²) in [6.07, 6.45) is 0. The summed E-state index contributed by atoms with van der Waals surface area (Å²) in [6, 6.07) is 15.1. The highest BCUT2D eigenvalue weighted by molar-refractivity contribution is 6.08. The van der Waals surface area contributed by atoms with Gasteiger partial charge in [-0.3, -0.25) is 0 Å². The molecule has 0 bridgehead atoms. The van der Waals surface area contributed by atoms with Gasteiger partial charge in [-0.25, -0.2) is 0 Å². The third-order valence-corrected chi connectivity index (χ3v) is 2.84. The van der Waals surface area contributed by atoms with Crippen molar-refractivity contribution in [1.82, 2.24) is 0 Å². The summed E-state index contributed by atoms with van der Waals surface area (Å²) >= 11 is 0. The molecule has 0 heterocycles. The molecule has 3 rings (SSSR count). The fourth-order valence-electron chi connectivity index (χ4n) is 2.03. The van der Waals surface area contributed by atoms with Gasteiger partial charge in [0.25, 0.3) is 0 Å². The zero-order valence-corrected chi connectivity index (χ0v) is 8.51. The molecule has 0 radical (unpaired) electrons. The molecule has 2 N–H and O–H groups in total. The average molecular weight is 210 g/mol. The van der Waals surface area contributed by atoms with Crippen LogP contribution in [0.5, 0.6) is 11.5 Å². The van der Waals surface area contributed by atoms with Crippen LogP contribution in [-0.2, 0) is 0 Å². The van der Waals surface area contributed by atoms with Crippen molar-refractivity contribution in [2.75, 3.05) is 0 Å². The Balaban J connectivity index is 2.55. The predicted octanol–water partition coefficient (Wildman–Crippen LogP) is 3.40. The average Bonchev–Trinajstić information content (AvgIpc) is 2.31. The van der Waals surface area contributed by atoms with Crippen LogP contribution in [0.2, 0.25) is 0 Å². The van der Waals surface area contributed by atoms with Crippen LogP contribution in [0.4, 0.5) is 0 Å². The number of hydrogen-bond donors (Lipinski definition) is 2. The van der Waals surface area contributed by atoms with E-state index in [1.807, 2.05) is 36.4 Å². The minimum atomic E-state index is -0.0808. The van der Waals surface area contributed by atoms with Crippen LogP contribution in [0.1, 0.15) is 0 Å². The van der Waals surface area contributed by atoms with Gasteiger partial charge in [-0.1, -0.05) is 36.4 Å². The first-order valence-corrected chi connectivity index (χ1v) is 5.09. The molecule has 0 aliphatic heterocycles. The van der Waals surface area contributed by atoms with Crippen LogP contribution in [0.3, 0.4) is 0 Å². The molecule has 78 valence electrons. The normalized spacial score (nSPS) is 11.0. The molecule has 0 saturated heterocycles. The third-order valence-electron chi connectivity index (χ3n) is 2.84. The minimum absolute atomic E-state index is 0.0798. The predicted molar refractivity (Wildman–Crippen MR) is 64.8 cm³/mol. The summed E-state index contributed by atoms with van der Waals surface area (Å²) in [6.45, 7) is 0. The number of phenols is 2. The van der Waals surface area contributed by atoms with Gasteiger partial charge in [0.05, 0.1) is 0 Å². The Bertz CT molecular complexity index is 687. The second kappa shape index (κ2) is 3.14. The van der Waals surface area contributed by atoms with Crippen molar-refractivity contribution in [3.8, 4) is 11.5 Å². The lowest BCUT2D eigenvalue weighted by atomic mass is 10.0. The van der Waals surface area contributed by atoms with Crippen molar-refractivity contribution in [2.45, 2.75) is 0 Å². The number of fused-ring (bicyclic) bond motifs is 3. The van der Waals surface area contributed by atoms with Crippen LogP contribution >= 0.6 is 0 Å². The van der Waals surface area contributed by atoms with E-state index in [2.05, 4.69) is 0 Å². The van der Waals surface area contributed by atoms with Gasteiger partial charge in [-0.15, -0.1) is 0 Å². The zero-order chi connectivity index (χ0) is 11.1. The van der Waals surface area contributed by atoms with Gasteiger partial charge < -0.3 is 10.2 Å². The molecule has 3 aromatic carbocycles. The van der Waals surface area contributed by atoms with E-state index in [1.54, 1.807) is 12.1 Å². The van der Waals surface area contributed by atoms with Crippen molar-refractivity contribution in [3.63, 3.8) is 0 Å². The number of benzene rings is 3. The number of hydrogen-bond acceptors (Lipinski definition) is 2. The van der Waals surface area contributed by atoms with E-state index in [4.69, 9.17) is 0 Å². The highest BCUT2D eigenvalue weighted by Gasteiger charge is 2.04. The molecule has 0 atom stereocenters. The molecule has 3 aromatic rings. The maximum atomic E-state index is 9.53. The molecule has 2 heteroatoms. The van der Waals surface area contributed by atoms with Gasteiger partial charge in [0, 0.05) is 0 Å². The Morgan fingerprint density at radius 2 is 1.31 bits per heavy atom. The topological polar surface area (TPSA) is 40.5 Å². The van der Waals surface area contributed by atoms with E-state index >= 15 is 0 Å². The standard InChI is InChI=1S/C14H10O2/c15-13-7-10-6-5-9-3-1-2-4-11(9)12(10)8-14(13)16/h1-8,15-16H. The molecule has 0 fully saturated rings. The Kier molecular flexibility index (Phi) is 1.77. The minimum Gasteiger partial charge on any atom is -0.504 e. The molecule has 0 amide bonds. The number of rotatable bonds is 0. The van der Waals surface area contributed by atoms with E-state index in [-0.39, 0.29) is 11.5 Å². The number of aromatic hydroxyl groups is 2. The van der Waals surface area contributed by atoms with E-state index in [9.17, 15) is 10.2 Å². The fraction of sp³-hybridized carbons (Fsp3) is 0. The second-order valence-corrected chi connectivity index (χ2v) is 3.85. The zero-order valence-electron chi connectivity index (χ0n) is 8.51. The number of phenolic OH excluding ortho intramolecular Hbond substituents is 2. The van der Waals surface area contributed by atoms with Crippen molar-refractivity contribution in [3.05, 3.63) is 48.5 Å². The van der Waals surface area contributed by atoms with Crippen LogP contribution in [0.25, 0.3) is 21.5 Å². The molecule has 0 aliphatic rings. The molecule has 0 aliphatic carbocycles. The third kappa shape index (κ3) is 1.20. The van der Waals surface area contributed by atoms with Crippen LogP contribution in [-0.4, -0.2) is 10.2 Å². The molecule has 2 nitrogen and oxygen atoms in total. The summed E-state index contributed by atoms with van der Waals surface area (Å²) in [5.41, 5.74) is 0. The lowest BCUT2D eigenvalue weighted by Gasteiger charge is -2.05. The highest BCUT2D eigenvalue weighted by Crippen LogP contribution is 2.33. The molecule has 0 saturated carbocycles. The summed E-state index contributed by atoms with van der Waals surface area (Å²) in [5.74, 6) is -0.161. The maximum Gasteiger partial charge on any atom is 0.158 e. The Morgan fingerprint density at radius 3 is 2.19 bits per heavy atom. The van der Waals surface area contributed by atoms with Crippen LogP contribution < -0.4 is 0 Å². The van der Waals surface area contributed by atoms with Crippen LogP contribution in [0.15, 0.2) is 48.5 Å².